The Balaban J connectivity index is 1.98. The summed E-state index contributed by atoms with van der Waals surface area (Å²) in [5, 5.41) is 0. The molecule has 2 aromatic rings. The largest absolute Gasteiger partial charge is 0.456 e. The van der Waals surface area contributed by atoms with Gasteiger partial charge in [-0.2, -0.15) is 8.42 Å². The maximum absolute atomic E-state index is 11.4. The van der Waals surface area contributed by atoms with Gasteiger partial charge in [-0.25, -0.2) is 0 Å². The Kier molecular flexibility index (Phi) is 7.47. The van der Waals surface area contributed by atoms with E-state index in [0.29, 0.717) is 5.75 Å². The van der Waals surface area contributed by atoms with Gasteiger partial charge in [-0.1, -0.05) is 63.3 Å². The maximum Gasteiger partial charge on any atom is 0.298 e. The third-order valence-electron chi connectivity index (χ3n) is 4.07. The summed E-state index contributed by atoms with van der Waals surface area (Å²) in [7, 11) is -4.31. The van der Waals surface area contributed by atoms with E-state index in [0.717, 1.165) is 18.4 Å². The number of hydrogen-bond donors (Lipinski definition) is 1. The smallest absolute Gasteiger partial charge is 0.298 e. The van der Waals surface area contributed by atoms with Gasteiger partial charge in [-0.05, 0) is 42.7 Å². The minimum atomic E-state index is -4.31. The van der Waals surface area contributed by atoms with E-state index >= 15 is 0 Å². The molecule has 0 radical (unpaired) electrons. The zero-order valence-electron chi connectivity index (χ0n) is 14.6. The number of aryl methyl sites for hydroxylation is 1. The molecule has 0 saturated carbocycles. The standard InChI is InChI=1S/C20H26O4S/c1-2-3-4-5-6-7-11-17-12-10-13-18(16-17)24-19-14-8-9-15-20(19)25(21,22)23/h8-10,12-16H,2-7,11H2,1H3,(H,21,22,23). The lowest BCUT2D eigenvalue weighted by atomic mass is 10.0. The summed E-state index contributed by atoms with van der Waals surface area (Å²) in [5.41, 5.74) is 1.16. The van der Waals surface area contributed by atoms with Crippen molar-refractivity contribution in [2.24, 2.45) is 0 Å². The molecule has 0 bridgehead atoms. The number of unbranched alkanes of at least 4 members (excludes halogenated alkanes) is 5. The Morgan fingerprint density at radius 1 is 0.920 bits per heavy atom. The molecule has 0 fully saturated rings. The highest BCUT2D eigenvalue weighted by atomic mass is 32.2. The van der Waals surface area contributed by atoms with Gasteiger partial charge in [-0.15, -0.1) is 0 Å². The maximum atomic E-state index is 11.4. The molecule has 0 atom stereocenters. The fourth-order valence-corrected chi connectivity index (χ4v) is 3.36. The van der Waals surface area contributed by atoms with Crippen LogP contribution in [0.4, 0.5) is 0 Å². The zero-order valence-corrected chi connectivity index (χ0v) is 15.5. The summed E-state index contributed by atoms with van der Waals surface area (Å²) in [6, 6.07) is 13.7. The molecule has 136 valence electrons. The summed E-state index contributed by atoms with van der Waals surface area (Å²) < 4.78 is 37.9. The molecule has 2 rings (SSSR count). The second-order valence-electron chi connectivity index (χ2n) is 6.19. The molecule has 4 nitrogen and oxygen atoms in total. The van der Waals surface area contributed by atoms with E-state index in [1.54, 1.807) is 18.2 Å². The van der Waals surface area contributed by atoms with Crippen LogP contribution in [0.5, 0.6) is 11.5 Å². The van der Waals surface area contributed by atoms with E-state index in [2.05, 4.69) is 6.92 Å². The SMILES string of the molecule is CCCCCCCCc1cccc(Oc2ccccc2S(=O)(=O)O)c1. The molecule has 5 heteroatoms. The van der Waals surface area contributed by atoms with Crippen LogP contribution in [0.2, 0.25) is 0 Å². The van der Waals surface area contributed by atoms with Crippen molar-refractivity contribution < 1.29 is 17.7 Å². The van der Waals surface area contributed by atoms with Crippen LogP contribution in [0.3, 0.4) is 0 Å². The lowest BCUT2D eigenvalue weighted by Crippen LogP contribution is -2.00. The minimum Gasteiger partial charge on any atom is -0.456 e. The average molecular weight is 362 g/mol. The van der Waals surface area contributed by atoms with E-state index in [-0.39, 0.29) is 10.6 Å². The van der Waals surface area contributed by atoms with Gasteiger partial charge in [0.1, 0.15) is 16.4 Å². The van der Waals surface area contributed by atoms with Crippen molar-refractivity contribution in [2.45, 2.75) is 56.8 Å². The van der Waals surface area contributed by atoms with Crippen molar-refractivity contribution in [1.29, 1.82) is 0 Å². The van der Waals surface area contributed by atoms with E-state index < -0.39 is 10.1 Å². The number of hydrogen-bond acceptors (Lipinski definition) is 3. The van der Waals surface area contributed by atoms with Gasteiger partial charge < -0.3 is 4.74 Å². The minimum absolute atomic E-state index is 0.127. The van der Waals surface area contributed by atoms with Crippen LogP contribution in [0.1, 0.15) is 51.0 Å². The van der Waals surface area contributed by atoms with Crippen LogP contribution in [0.25, 0.3) is 0 Å². The monoisotopic (exact) mass is 362 g/mol. The van der Waals surface area contributed by atoms with E-state index in [1.165, 1.54) is 44.2 Å². The number of ether oxygens (including phenoxy) is 1. The molecule has 0 aliphatic heterocycles. The molecule has 2 aromatic carbocycles. The van der Waals surface area contributed by atoms with Gasteiger partial charge in [0.2, 0.25) is 0 Å². The lowest BCUT2D eigenvalue weighted by Gasteiger charge is -2.10. The van der Waals surface area contributed by atoms with Crippen LogP contribution < -0.4 is 4.74 Å². The molecular weight excluding hydrogens is 336 g/mol. The van der Waals surface area contributed by atoms with E-state index in [9.17, 15) is 13.0 Å². The van der Waals surface area contributed by atoms with Gasteiger partial charge in [0.05, 0.1) is 0 Å². The van der Waals surface area contributed by atoms with Crippen molar-refractivity contribution in [3.05, 3.63) is 54.1 Å². The molecule has 1 N–H and O–H groups in total. The van der Waals surface area contributed by atoms with Gasteiger partial charge >= 0.3 is 0 Å². The highest BCUT2D eigenvalue weighted by Crippen LogP contribution is 2.29. The van der Waals surface area contributed by atoms with Crippen molar-refractivity contribution in [2.75, 3.05) is 0 Å². The Morgan fingerprint density at radius 3 is 2.40 bits per heavy atom. The Morgan fingerprint density at radius 2 is 1.64 bits per heavy atom. The molecule has 25 heavy (non-hydrogen) atoms. The highest BCUT2D eigenvalue weighted by Gasteiger charge is 2.16. The van der Waals surface area contributed by atoms with Gasteiger partial charge in [-0.3, -0.25) is 4.55 Å². The topological polar surface area (TPSA) is 63.6 Å². The molecule has 0 heterocycles. The molecule has 0 amide bonds. The zero-order chi connectivity index (χ0) is 18.1. The second-order valence-corrected chi connectivity index (χ2v) is 7.58. The van der Waals surface area contributed by atoms with Crippen LogP contribution in [0.15, 0.2) is 53.4 Å². The Labute approximate surface area is 150 Å². The first-order valence-electron chi connectivity index (χ1n) is 8.84. The Bertz CT molecular complexity index is 769. The highest BCUT2D eigenvalue weighted by molar-refractivity contribution is 7.86. The third kappa shape index (κ3) is 6.52. The molecule has 0 aromatic heterocycles. The molecule has 0 saturated heterocycles. The van der Waals surface area contributed by atoms with Crippen molar-refractivity contribution >= 4 is 10.1 Å². The number of rotatable bonds is 10. The summed E-state index contributed by atoms with van der Waals surface area (Å²) in [4.78, 5) is -0.226. The predicted molar refractivity (Wildman–Crippen MR) is 99.9 cm³/mol. The second kappa shape index (κ2) is 9.59. The first-order valence-corrected chi connectivity index (χ1v) is 10.3. The number of benzene rings is 2. The fourth-order valence-electron chi connectivity index (χ4n) is 2.75. The molecule has 0 unspecified atom stereocenters. The average Bonchev–Trinajstić information content (AvgIpc) is 2.58. The van der Waals surface area contributed by atoms with Gasteiger partial charge in [0.15, 0.2) is 0 Å². The first-order chi connectivity index (χ1) is 12.0. The summed E-state index contributed by atoms with van der Waals surface area (Å²) in [6.45, 7) is 2.21. The third-order valence-corrected chi connectivity index (χ3v) is 4.97. The quantitative estimate of drug-likeness (QED) is 0.439. The van der Waals surface area contributed by atoms with Crippen LogP contribution >= 0.6 is 0 Å². The van der Waals surface area contributed by atoms with Crippen molar-refractivity contribution in [3.8, 4) is 11.5 Å². The van der Waals surface area contributed by atoms with Crippen molar-refractivity contribution in [3.63, 3.8) is 0 Å². The van der Waals surface area contributed by atoms with Gasteiger partial charge in [0, 0.05) is 0 Å². The Hall–Kier alpha value is -1.85. The first kappa shape index (κ1) is 19.5. The number of para-hydroxylation sites is 1. The summed E-state index contributed by atoms with van der Waals surface area (Å²) in [6.07, 6.45) is 8.45. The van der Waals surface area contributed by atoms with Crippen LogP contribution in [-0.4, -0.2) is 13.0 Å². The van der Waals surface area contributed by atoms with E-state index in [4.69, 9.17) is 4.74 Å². The lowest BCUT2D eigenvalue weighted by molar-refractivity contribution is 0.449. The van der Waals surface area contributed by atoms with Crippen LogP contribution in [-0.2, 0) is 16.5 Å². The molecule has 0 aliphatic rings. The van der Waals surface area contributed by atoms with E-state index in [1.807, 2.05) is 18.2 Å². The molecular formula is C20H26O4S. The predicted octanol–water partition coefficient (Wildman–Crippen LogP) is 5.63. The molecule has 0 spiro atoms. The molecule has 0 aliphatic carbocycles. The normalized spacial score (nSPS) is 11.4. The summed E-state index contributed by atoms with van der Waals surface area (Å²) in [5.74, 6) is 0.696. The fraction of sp³-hybridized carbons (Fsp3) is 0.400. The summed E-state index contributed by atoms with van der Waals surface area (Å²) >= 11 is 0. The van der Waals surface area contributed by atoms with Crippen LogP contribution in [0, 0.1) is 0 Å². The van der Waals surface area contributed by atoms with Gasteiger partial charge in [0.25, 0.3) is 10.1 Å². The van der Waals surface area contributed by atoms with Crippen molar-refractivity contribution in [1.82, 2.24) is 0 Å².